The first-order chi connectivity index (χ1) is 12.0. The van der Waals surface area contributed by atoms with E-state index in [0.29, 0.717) is 0 Å². The molecule has 0 radical (unpaired) electrons. The van der Waals surface area contributed by atoms with Crippen LogP contribution in [-0.4, -0.2) is 34.4 Å². The first-order valence-electron chi connectivity index (χ1n) is 7.61. The lowest BCUT2D eigenvalue weighted by molar-refractivity contribution is -2.00. The third kappa shape index (κ3) is 7.77. The van der Waals surface area contributed by atoms with Crippen LogP contribution in [-0.2, 0) is 0 Å². The number of hydrogen-bond acceptors (Lipinski definition) is 7. The molecule has 8 nitrogen and oxygen atoms in total. The molecule has 0 N–H and O–H groups in total. The molecule has 2 rings (SSSR count). The summed E-state index contributed by atoms with van der Waals surface area (Å²) in [5, 5.41) is 4.54. The molecule has 0 bridgehead atoms. The molecule has 0 aliphatic heterocycles. The van der Waals surface area contributed by atoms with Gasteiger partial charge in [-0.15, -0.1) is 10.2 Å². The number of pyridine rings is 1. The minimum Gasteiger partial charge on any atom is -0.378 e. The highest BCUT2D eigenvalue weighted by atomic mass is 35.7. The van der Waals surface area contributed by atoms with Crippen molar-refractivity contribution in [2.24, 2.45) is 5.10 Å². The maximum atomic E-state index is 8.49. The summed E-state index contributed by atoms with van der Waals surface area (Å²) in [4.78, 5) is 4.17. The third-order valence-corrected chi connectivity index (χ3v) is 3.42. The summed E-state index contributed by atoms with van der Waals surface area (Å²) in [5.74, 6) is 0. The van der Waals surface area contributed by atoms with Gasteiger partial charge in [0.1, 0.15) is 11.9 Å². The van der Waals surface area contributed by atoms with Gasteiger partial charge in [0, 0.05) is 46.9 Å². The Kier molecular flexibility index (Phi) is 7.94. The zero-order chi connectivity index (χ0) is 19.9. The monoisotopic (exact) mass is 382 g/mol. The van der Waals surface area contributed by atoms with E-state index in [0.717, 1.165) is 16.9 Å². The van der Waals surface area contributed by atoms with Crippen LogP contribution in [0, 0.1) is 17.2 Å². The van der Waals surface area contributed by atoms with Crippen molar-refractivity contribution in [3.63, 3.8) is 0 Å². The van der Waals surface area contributed by atoms with E-state index in [4.69, 9.17) is 18.6 Å². The SMILES string of the molecule is Cc1c(N(C)C)ccc[n+]1N=Cc1ccc(N(C)C)cc1.[O-][Cl+3]([O-])([O-])[O-]. The number of benzene rings is 1. The van der Waals surface area contributed by atoms with E-state index in [1.165, 1.54) is 5.69 Å². The summed E-state index contributed by atoms with van der Waals surface area (Å²) >= 11 is 0. The summed E-state index contributed by atoms with van der Waals surface area (Å²) in [7, 11) is 3.21. The molecular formula is C17H23ClN4O4. The maximum absolute atomic E-state index is 8.49. The predicted molar refractivity (Wildman–Crippen MR) is 89.5 cm³/mol. The molecule has 9 heteroatoms. The molecule has 1 aromatic heterocycles. The minimum absolute atomic E-state index is 1.09. The molecule has 0 spiro atoms. The van der Waals surface area contributed by atoms with Crippen molar-refractivity contribution in [2.45, 2.75) is 6.92 Å². The largest absolute Gasteiger partial charge is 0.378 e. The quantitative estimate of drug-likeness (QED) is 0.428. The van der Waals surface area contributed by atoms with Crippen LogP contribution in [0.4, 0.5) is 11.4 Å². The Hall–Kier alpha value is -2.23. The highest BCUT2D eigenvalue weighted by Gasteiger charge is 2.11. The fraction of sp³-hybridized carbons (Fsp3) is 0.294. The van der Waals surface area contributed by atoms with Crippen LogP contribution in [0.1, 0.15) is 11.3 Å². The smallest absolute Gasteiger partial charge is 0.234 e. The van der Waals surface area contributed by atoms with E-state index in [-0.39, 0.29) is 0 Å². The second kappa shape index (κ2) is 9.46. The molecule has 0 amide bonds. The van der Waals surface area contributed by atoms with Gasteiger partial charge >= 0.3 is 0 Å². The van der Waals surface area contributed by atoms with E-state index >= 15 is 0 Å². The standard InChI is InChI=1S/C17H23N4.ClHO4/c1-14-17(20(4)5)7-6-12-21(14)18-13-15-8-10-16(11-9-15)19(2)3;2-1(3,4)5/h6-13H,1-5H3;(H,2,3,4,5)/q+1;/p-1. The van der Waals surface area contributed by atoms with Crippen LogP contribution in [0.5, 0.6) is 0 Å². The van der Waals surface area contributed by atoms with E-state index in [1.54, 1.807) is 0 Å². The zero-order valence-corrected chi connectivity index (χ0v) is 16.2. The molecular weight excluding hydrogens is 360 g/mol. The van der Waals surface area contributed by atoms with Gasteiger partial charge in [0.2, 0.25) is 11.9 Å². The second-order valence-electron chi connectivity index (χ2n) is 5.83. The van der Waals surface area contributed by atoms with E-state index in [1.807, 2.05) is 51.3 Å². The van der Waals surface area contributed by atoms with Gasteiger partial charge in [-0.1, -0.05) is 16.8 Å². The number of rotatable bonds is 4. The number of halogens is 1. The summed E-state index contributed by atoms with van der Waals surface area (Å²) in [6, 6.07) is 12.4. The lowest BCUT2D eigenvalue weighted by Crippen LogP contribution is -2.68. The average molecular weight is 383 g/mol. The van der Waals surface area contributed by atoms with E-state index in [9.17, 15) is 0 Å². The number of anilines is 2. The molecule has 0 saturated heterocycles. The van der Waals surface area contributed by atoms with Crippen LogP contribution in [0.3, 0.4) is 0 Å². The predicted octanol–water partition coefficient (Wildman–Crippen LogP) is -2.46. The van der Waals surface area contributed by atoms with Crippen molar-refractivity contribution >= 4 is 17.6 Å². The number of nitrogens with zero attached hydrogens (tertiary/aromatic N) is 4. The summed E-state index contributed by atoms with van der Waals surface area (Å²) < 4.78 is 35.9. The minimum atomic E-state index is -4.94. The molecule has 2 aromatic rings. The lowest BCUT2D eigenvalue weighted by Gasteiger charge is -2.17. The van der Waals surface area contributed by atoms with Crippen LogP contribution < -0.4 is 33.1 Å². The molecule has 0 aliphatic carbocycles. The zero-order valence-electron chi connectivity index (χ0n) is 15.4. The Morgan fingerprint density at radius 3 is 1.92 bits per heavy atom. The highest BCUT2D eigenvalue weighted by molar-refractivity contribution is 5.79. The van der Waals surface area contributed by atoms with Gasteiger partial charge < -0.3 is 9.80 Å². The van der Waals surface area contributed by atoms with E-state index < -0.39 is 10.2 Å². The first-order valence-corrected chi connectivity index (χ1v) is 8.84. The lowest BCUT2D eigenvalue weighted by atomic mass is 10.2. The first kappa shape index (κ1) is 21.8. The maximum Gasteiger partial charge on any atom is 0.234 e. The number of hydrogen-bond donors (Lipinski definition) is 0. The van der Waals surface area contributed by atoms with Crippen molar-refractivity contribution < 1.29 is 33.6 Å². The Balaban J connectivity index is 0.000000597. The van der Waals surface area contributed by atoms with Gasteiger partial charge in [0.05, 0.1) is 0 Å². The Bertz CT molecular complexity index is 723. The molecule has 142 valence electrons. The van der Waals surface area contributed by atoms with Crippen molar-refractivity contribution in [3.8, 4) is 0 Å². The second-order valence-corrected chi connectivity index (χ2v) is 6.58. The molecule has 0 aliphatic rings. The van der Waals surface area contributed by atoms with Crippen molar-refractivity contribution in [3.05, 3.63) is 53.9 Å². The topological polar surface area (TPSA) is 115 Å². The van der Waals surface area contributed by atoms with Crippen LogP contribution in [0.2, 0.25) is 0 Å². The number of aromatic nitrogens is 1. The summed E-state index contributed by atoms with van der Waals surface area (Å²) in [6.07, 6.45) is 3.85. The van der Waals surface area contributed by atoms with Gasteiger partial charge in [-0.3, -0.25) is 0 Å². The molecule has 1 aromatic carbocycles. The van der Waals surface area contributed by atoms with Gasteiger partial charge in [-0.2, -0.15) is 0 Å². The summed E-state index contributed by atoms with van der Waals surface area (Å²) in [5.41, 5.74) is 4.55. The molecule has 0 atom stereocenters. The normalized spacial score (nSPS) is 11.1. The van der Waals surface area contributed by atoms with Crippen molar-refractivity contribution in [1.82, 2.24) is 0 Å². The van der Waals surface area contributed by atoms with Gasteiger partial charge in [-0.25, -0.2) is 18.6 Å². The molecule has 26 heavy (non-hydrogen) atoms. The van der Waals surface area contributed by atoms with Gasteiger partial charge in [-0.05, 0) is 28.9 Å². The Morgan fingerprint density at radius 1 is 0.923 bits per heavy atom. The third-order valence-electron chi connectivity index (χ3n) is 3.42. The van der Waals surface area contributed by atoms with E-state index in [2.05, 4.69) is 52.2 Å². The Labute approximate surface area is 155 Å². The molecule has 0 saturated carbocycles. The van der Waals surface area contributed by atoms with Crippen molar-refractivity contribution in [1.29, 1.82) is 0 Å². The van der Waals surface area contributed by atoms with Gasteiger partial charge in [0.25, 0.3) is 0 Å². The van der Waals surface area contributed by atoms with Gasteiger partial charge in [0.15, 0.2) is 0 Å². The Morgan fingerprint density at radius 2 is 1.46 bits per heavy atom. The highest BCUT2D eigenvalue weighted by Crippen LogP contribution is 2.13. The average Bonchev–Trinajstić information content (AvgIpc) is 2.52. The fourth-order valence-electron chi connectivity index (χ4n) is 2.15. The van der Waals surface area contributed by atoms with Crippen LogP contribution in [0.25, 0.3) is 0 Å². The molecule has 0 unspecified atom stereocenters. The summed E-state index contributed by atoms with van der Waals surface area (Å²) in [6.45, 7) is 2.07. The van der Waals surface area contributed by atoms with Crippen LogP contribution in [0.15, 0.2) is 47.7 Å². The van der Waals surface area contributed by atoms with Crippen LogP contribution >= 0.6 is 0 Å². The van der Waals surface area contributed by atoms with Crippen molar-refractivity contribution in [2.75, 3.05) is 38.0 Å². The molecule has 1 heterocycles. The molecule has 0 fully saturated rings. The fourth-order valence-corrected chi connectivity index (χ4v) is 2.15.